The van der Waals surface area contributed by atoms with Crippen LogP contribution in [0.15, 0.2) is 40.2 Å². The number of H-pyrrole nitrogens is 2. The molecule has 1 aliphatic carbocycles. The molecule has 0 spiro atoms. The average molecular weight is 331 g/mol. The third kappa shape index (κ3) is 2.19. The van der Waals surface area contributed by atoms with Crippen LogP contribution in [0.2, 0.25) is 0 Å². The van der Waals surface area contributed by atoms with Crippen LogP contribution in [0.1, 0.15) is 19.3 Å². The average Bonchev–Trinajstić information content (AvgIpc) is 3.16. The fraction of sp³-hybridized carbons (Fsp3) is 0.312. The molecule has 0 aliphatic heterocycles. The zero-order valence-electron chi connectivity index (χ0n) is 12.4. The summed E-state index contributed by atoms with van der Waals surface area (Å²) in [6.07, 6.45) is 3.53. The van der Waals surface area contributed by atoms with Crippen LogP contribution in [0.3, 0.4) is 0 Å². The Bertz CT molecular complexity index is 1070. The minimum Gasteiger partial charge on any atom is -0.357 e. The summed E-state index contributed by atoms with van der Waals surface area (Å²) in [6.45, 7) is 0. The molecule has 0 radical (unpaired) electrons. The molecule has 1 saturated carbocycles. The summed E-state index contributed by atoms with van der Waals surface area (Å²) in [5.74, 6) is 0. The Morgan fingerprint density at radius 2 is 1.96 bits per heavy atom. The number of benzene rings is 1. The molecule has 2 heterocycles. The van der Waals surface area contributed by atoms with Crippen molar-refractivity contribution in [1.82, 2.24) is 9.97 Å². The second kappa shape index (κ2) is 4.94. The van der Waals surface area contributed by atoms with Gasteiger partial charge in [-0.2, -0.15) is 0 Å². The van der Waals surface area contributed by atoms with Crippen molar-refractivity contribution in [2.75, 3.05) is 0 Å². The summed E-state index contributed by atoms with van der Waals surface area (Å²) in [7, 11) is -3.41. The van der Waals surface area contributed by atoms with E-state index in [1.807, 2.05) is 0 Å². The predicted octanol–water partition coefficient (Wildman–Crippen LogP) is 1.66. The summed E-state index contributed by atoms with van der Waals surface area (Å²) in [6, 6.07) is 6.62. The largest absolute Gasteiger partial charge is 0.357 e. The highest BCUT2D eigenvalue weighted by atomic mass is 32.2. The van der Waals surface area contributed by atoms with Gasteiger partial charge in [0.25, 0.3) is 5.56 Å². The Balaban J connectivity index is 1.92. The first-order valence-electron chi connectivity index (χ1n) is 7.59. The standard InChI is InChI=1S/C16H17N3O3S/c17-9-1-2-10(7-9)23(21,22)11-3-4-14-13(8-11)12-5-6-18-15(12)16(20)19-14/h3-6,8-10,18H,1-2,7,17H2,(H,19,20)/t9?,10-/m0/s1. The van der Waals surface area contributed by atoms with Crippen molar-refractivity contribution in [2.24, 2.45) is 5.73 Å². The second-order valence-electron chi connectivity index (χ2n) is 6.17. The van der Waals surface area contributed by atoms with Crippen molar-refractivity contribution in [3.63, 3.8) is 0 Å². The SMILES string of the molecule is NC1CC[C@H](S(=O)(=O)c2ccc3[nH]c(=O)c4[nH]ccc4c3c2)C1. The first-order chi connectivity index (χ1) is 11.0. The van der Waals surface area contributed by atoms with E-state index in [2.05, 4.69) is 9.97 Å². The lowest BCUT2D eigenvalue weighted by Gasteiger charge is -2.12. The quantitative estimate of drug-likeness (QED) is 0.663. The van der Waals surface area contributed by atoms with Gasteiger partial charge in [0.2, 0.25) is 0 Å². The molecule has 6 nitrogen and oxygen atoms in total. The van der Waals surface area contributed by atoms with E-state index in [4.69, 9.17) is 5.73 Å². The van der Waals surface area contributed by atoms with Gasteiger partial charge in [-0.15, -0.1) is 0 Å². The van der Waals surface area contributed by atoms with E-state index in [-0.39, 0.29) is 11.6 Å². The van der Waals surface area contributed by atoms with Crippen molar-refractivity contribution < 1.29 is 8.42 Å². The lowest BCUT2D eigenvalue weighted by molar-refractivity contribution is 0.578. The number of nitrogens with one attached hydrogen (secondary N) is 2. The van der Waals surface area contributed by atoms with Crippen LogP contribution < -0.4 is 11.3 Å². The Morgan fingerprint density at radius 1 is 1.13 bits per heavy atom. The second-order valence-corrected chi connectivity index (χ2v) is 8.40. The molecule has 23 heavy (non-hydrogen) atoms. The van der Waals surface area contributed by atoms with Crippen molar-refractivity contribution in [3.8, 4) is 0 Å². The third-order valence-electron chi connectivity index (χ3n) is 4.70. The number of nitrogens with two attached hydrogens (primary N) is 1. The van der Waals surface area contributed by atoms with Gasteiger partial charge in [0.1, 0.15) is 5.52 Å². The number of hydrogen-bond acceptors (Lipinski definition) is 4. The van der Waals surface area contributed by atoms with E-state index in [1.165, 1.54) is 0 Å². The normalized spacial score (nSPS) is 22.1. The third-order valence-corrected chi connectivity index (χ3v) is 6.91. The monoisotopic (exact) mass is 331 g/mol. The van der Waals surface area contributed by atoms with Gasteiger partial charge in [-0.05, 0) is 43.5 Å². The lowest BCUT2D eigenvalue weighted by Crippen LogP contribution is -2.22. The van der Waals surface area contributed by atoms with Gasteiger partial charge >= 0.3 is 0 Å². The maximum absolute atomic E-state index is 12.8. The van der Waals surface area contributed by atoms with Crippen LogP contribution >= 0.6 is 0 Å². The number of aromatic amines is 2. The molecule has 1 unspecified atom stereocenters. The Labute approximate surface area is 132 Å². The molecule has 120 valence electrons. The van der Waals surface area contributed by atoms with Crippen molar-refractivity contribution in [1.29, 1.82) is 0 Å². The highest BCUT2D eigenvalue weighted by Crippen LogP contribution is 2.31. The van der Waals surface area contributed by atoms with Gasteiger partial charge in [0.05, 0.1) is 10.1 Å². The molecule has 2 aromatic heterocycles. The first kappa shape index (κ1) is 14.5. The van der Waals surface area contributed by atoms with Crippen molar-refractivity contribution >= 4 is 31.6 Å². The zero-order chi connectivity index (χ0) is 16.2. The first-order valence-corrected chi connectivity index (χ1v) is 9.14. The van der Waals surface area contributed by atoms with Crippen molar-refractivity contribution in [3.05, 3.63) is 40.8 Å². The van der Waals surface area contributed by atoms with Crippen LogP contribution in [-0.4, -0.2) is 29.7 Å². The van der Waals surface area contributed by atoms with Gasteiger partial charge in [-0.3, -0.25) is 4.79 Å². The fourth-order valence-electron chi connectivity index (χ4n) is 3.45. The van der Waals surface area contributed by atoms with E-state index in [1.54, 1.807) is 30.5 Å². The Hall–Kier alpha value is -2.12. The molecule has 4 N–H and O–H groups in total. The predicted molar refractivity (Wildman–Crippen MR) is 89.2 cm³/mol. The molecule has 1 fully saturated rings. The summed E-state index contributed by atoms with van der Waals surface area (Å²) in [5, 5.41) is 1.03. The fourth-order valence-corrected chi connectivity index (χ4v) is 5.32. The molecule has 0 amide bonds. The number of hydrogen-bond donors (Lipinski definition) is 3. The molecule has 1 aliphatic rings. The molecular formula is C16H17N3O3S. The van der Waals surface area contributed by atoms with E-state index >= 15 is 0 Å². The van der Waals surface area contributed by atoms with Gasteiger partial charge in [0, 0.05) is 28.5 Å². The minimum absolute atomic E-state index is 0.0389. The molecule has 1 aromatic carbocycles. The molecule has 7 heteroatoms. The highest BCUT2D eigenvalue weighted by Gasteiger charge is 2.34. The smallest absolute Gasteiger partial charge is 0.272 e. The van der Waals surface area contributed by atoms with E-state index in [9.17, 15) is 13.2 Å². The van der Waals surface area contributed by atoms with Crippen LogP contribution in [-0.2, 0) is 9.84 Å². The number of rotatable bonds is 2. The summed E-state index contributed by atoms with van der Waals surface area (Å²) >= 11 is 0. The molecule has 4 rings (SSSR count). The maximum Gasteiger partial charge on any atom is 0.272 e. The van der Waals surface area contributed by atoms with Crippen molar-refractivity contribution in [2.45, 2.75) is 35.4 Å². The number of fused-ring (bicyclic) bond motifs is 3. The topological polar surface area (TPSA) is 109 Å². The van der Waals surface area contributed by atoms with Crippen LogP contribution in [0.4, 0.5) is 0 Å². The molecule has 3 aromatic rings. The van der Waals surface area contributed by atoms with Gasteiger partial charge in [0.15, 0.2) is 9.84 Å². The minimum atomic E-state index is -3.41. The summed E-state index contributed by atoms with van der Waals surface area (Å²) < 4.78 is 25.7. The van der Waals surface area contributed by atoms with E-state index < -0.39 is 15.1 Å². The Kier molecular flexibility index (Phi) is 3.11. The lowest BCUT2D eigenvalue weighted by atomic mass is 10.1. The van der Waals surface area contributed by atoms with E-state index in [0.29, 0.717) is 28.8 Å². The summed E-state index contributed by atoms with van der Waals surface area (Å²) in [5.41, 5.74) is 6.73. The van der Waals surface area contributed by atoms with Gasteiger partial charge in [-0.25, -0.2) is 8.42 Å². The Morgan fingerprint density at radius 3 is 2.70 bits per heavy atom. The maximum atomic E-state index is 12.8. The van der Waals surface area contributed by atoms with Crippen LogP contribution in [0.25, 0.3) is 21.8 Å². The van der Waals surface area contributed by atoms with Gasteiger partial charge in [-0.1, -0.05) is 0 Å². The van der Waals surface area contributed by atoms with Crippen LogP contribution in [0.5, 0.6) is 0 Å². The van der Waals surface area contributed by atoms with E-state index in [0.717, 1.165) is 17.2 Å². The molecule has 2 atom stereocenters. The molecule has 0 saturated heterocycles. The number of pyridine rings is 1. The van der Waals surface area contributed by atoms with Gasteiger partial charge < -0.3 is 15.7 Å². The molecular weight excluding hydrogens is 314 g/mol. The number of aromatic nitrogens is 2. The molecule has 0 bridgehead atoms. The highest BCUT2D eigenvalue weighted by molar-refractivity contribution is 7.92. The summed E-state index contributed by atoms with van der Waals surface area (Å²) in [4.78, 5) is 17.9. The number of sulfone groups is 1. The van der Waals surface area contributed by atoms with Crippen LogP contribution in [0, 0.1) is 0 Å². The zero-order valence-corrected chi connectivity index (χ0v) is 13.2.